The molecule has 0 saturated heterocycles. The first kappa shape index (κ1) is 64.4. The first-order chi connectivity index (χ1) is 33.2. The molecule has 0 bridgehead atoms. The highest BCUT2D eigenvalue weighted by molar-refractivity contribution is 7.47. The van der Waals surface area contributed by atoms with Crippen LogP contribution < -0.4 is 0 Å². The van der Waals surface area contributed by atoms with Gasteiger partial charge >= 0.3 is 25.7 Å². The number of hydrogen-bond donors (Lipinski definition) is 2. The average Bonchev–Trinajstić information content (AvgIpc) is 3.32. The van der Waals surface area contributed by atoms with Gasteiger partial charge in [-0.05, 0) is 109 Å². The second-order valence-corrected chi connectivity index (χ2v) is 18.4. The summed E-state index contributed by atoms with van der Waals surface area (Å²) in [4.78, 5) is 48.3. The molecule has 2 N–H and O–H groups in total. The van der Waals surface area contributed by atoms with E-state index in [1.807, 2.05) is 0 Å². The van der Waals surface area contributed by atoms with E-state index in [2.05, 4.69) is 118 Å². The monoisotopic (exact) mass is 973 g/mol. The summed E-state index contributed by atoms with van der Waals surface area (Å²) < 4.78 is 39.3. The van der Waals surface area contributed by atoms with Crippen molar-refractivity contribution in [3.63, 3.8) is 0 Å². The maximum atomic E-state index is 12.8. The van der Waals surface area contributed by atoms with Gasteiger partial charge in [-0.2, -0.15) is 0 Å². The van der Waals surface area contributed by atoms with Crippen molar-refractivity contribution in [1.82, 2.24) is 0 Å². The molecule has 0 aromatic heterocycles. The first-order valence-electron chi connectivity index (χ1n) is 26.1. The number of aliphatic hydroxyl groups is 1. The number of aliphatic hydroxyl groups excluding tert-OH is 1. The number of phosphoric acid groups is 1. The Hall–Kier alpha value is -3.60. The van der Waals surface area contributed by atoms with Gasteiger partial charge in [-0.15, -0.1) is 0 Å². The number of phosphoric ester groups is 1. The van der Waals surface area contributed by atoms with Gasteiger partial charge in [0.05, 0.1) is 19.8 Å². The van der Waals surface area contributed by atoms with Crippen molar-refractivity contribution in [2.45, 2.75) is 213 Å². The van der Waals surface area contributed by atoms with Crippen LogP contribution in [0, 0.1) is 0 Å². The number of carbonyl (C=O) groups is 3. The minimum Gasteiger partial charge on any atom is -0.462 e. The number of esters is 3. The normalized spacial score (nSPS) is 14.2. The fourth-order valence-electron chi connectivity index (χ4n) is 6.52. The molecule has 0 radical (unpaired) electrons. The summed E-state index contributed by atoms with van der Waals surface area (Å²) in [5.41, 5.74) is 0. The molecule has 0 fully saturated rings. The molecule has 0 rings (SSSR count). The molecule has 0 spiro atoms. The Morgan fingerprint density at radius 3 is 1.21 bits per heavy atom. The first-order valence-corrected chi connectivity index (χ1v) is 27.6. The van der Waals surface area contributed by atoms with Crippen molar-refractivity contribution in [2.24, 2.45) is 0 Å². The summed E-state index contributed by atoms with van der Waals surface area (Å²) in [5.74, 6) is -1.55. The van der Waals surface area contributed by atoms with Crippen LogP contribution in [0.15, 0.2) is 97.2 Å². The number of allylic oxidation sites excluding steroid dienone is 16. The van der Waals surface area contributed by atoms with E-state index in [4.69, 9.17) is 23.3 Å². The third kappa shape index (κ3) is 47.5. The molecule has 3 atom stereocenters. The quantitative estimate of drug-likeness (QED) is 0.0197. The van der Waals surface area contributed by atoms with E-state index in [0.29, 0.717) is 19.3 Å². The molecule has 0 aliphatic rings. The standard InChI is InChI=1S/C56H93O11P/c1-4-7-10-13-16-19-22-24-25-26-27-29-32-35-38-41-44-47-56(60)67-53(49-63-54(58)45-42-39-36-33-30-21-18-15-12-9-6-3)51-65-68(61,62)64-50-52(48-57)66-55(59)46-43-40-37-34-31-28-23-20-17-14-11-8-5-2/h7-8,10-11,15-20,24-25,27-29,31,52-53,57H,4-6,9,12-14,21-23,26,30,32-51H2,1-3H3,(H,61,62)/b10-7-,11-8-,18-15-,19-16-,20-17-,25-24-,29-27-,31-28-. The minimum absolute atomic E-state index is 0.131. The van der Waals surface area contributed by atoms with Gasteiger partial charge in [0, 0.05) is 19.3 Å². The zero-order valence-electron chi connectivity index (χ0n) is 42.5. The maximum absolute atomic E-state index is 12.8. The van der Waals surface area contributed by atoms with Crippen LogP contribution in [0.5, 0.6) is 0 Å². The third-order valence-corrected chi connectivity index (χ3v) is 11.4. The third-order valence-electron chi connectivity index (χ3n) is 10.5. The van der Waals surface area contributed by atoms with E-state index >= 15 is 0 Å². The number of unbranched alkanes of at least 4 members (excludes halogenated alkanes) is 14. The lowest BCUT2D eigenvalue weighted by molar-refractivity contribution is -0.161. The van der Waals surface area contributed by atoms with Crippen molar-refractivity contribution in [3.05, 3.63) is 97.2 Å². The van der Waals surface area contributed by atoms with Crippen molar-refractivity contribution in [2.75, 3.05) is 26.4 Å². The maximum Gasteiger partial charge on any atom is 0.472 e. The van der Waals surface area contributed by atoms with E-state index in [-0.39, 0.29) is 25.9 Å². The lowest BCUT2D eigenvalue weighted by Gasteiger charge is -2.21. The summed E-state index contributed by atoms with van der Waals surface area (Å²) in [5, 5.41) is 9.77. The van der Waals surface area contributed by atoms with E-state index in [9.17, 15) is 28.9 Å². The average molecular weight is 973 g/mol. The largest absolute Gasteiger partial charge is 0.472 e. The van der Waals surface area contributed by atoms with Crippen LogP contribution in [0.4, 0.5) is 0 Å². The molecule has 12 heteroatoms. The van der Waals surface area contributed by atoms with Gasteiger partial charge in [0.2, 0.25) is 0 Å². The Labute approximate surface area is 412 Å². The Kier molecular flexibility index (Phi) is 47.2. The number of hydrogen-bond acceptors (Lipinski definition) is 10. The highest BCUT2D eigenvalue weighted by Crippen LogP contribution is 2.43. The molecule has 0 aromatic rings. The fourth-order valence-corrected chi connectivity index (χ4v) is 7.30. The number of ether oxygens (including phenoxy) is 3. The molecule has 3 unspecified atom stereocenters. The zero-order valence-corrected chi connectivity index (χ0v) is 43.4. The predicted octanol–water partition coefficient (Wildman–Crippen LogP) is 14.9. The van der Waals surface area contributed by atoms with Gasteiger partial charge in [-0.1, -0.05) is 169 Å². The van der Waals surface area contributed by atoms with Crippen molar-refractivity contribution >= 4 is 25.7 Å². The summed E-state index contributed by atoms with van der Waals surface area (Å²) in [6.45, 7) is 4.27. The molecular weight excluding hydrogens is 880 g/mol. The Balaban J connectivity index is 4.82. The van der Waals surface area contributed by atoms with Gasteiger partial charge in [0.25, 0.3) is 0 Å². The van der Waals surface area contributed by atoms with Crippen LogP contribution in [0.1, 0.15) is 201 Å². The van der Waals surface area contributed by atoms with Crippen LogP contribution in [-0.4, -0.2) is 66.5 Å². The van der Waals surface area contributed by atoms with Crippen LogP contribution >= 0.6 is 7.82 Å². The summed E-state index contributed by atoms with van der Waals surface area (Å²) in [6, 6.07) is 0. The summed E-state index contributed by atoms with van der Waals surface area (Å²) in [6.07, 6.45) is 56.7. The number of carbonyl (C=O) groups excluding carboxylic acids is 3. The smallest absolute Gasteiger partial charge is 0.462 e. The van der Waals surface area contributed by atoms with Crippen LogP contribution in [0.2, 0.25) is 0 Å². The minimum atomic E-state index is -4.76. The number of rotatable bonds is 47. The summed E-state index contributed by atoms with van der Waals surface area (Å²) in [7, 11) is -4.76. The Morgan fingerprint density at radius 2 is 0.765 bits per heavy atom. The summed E-state index contributed by atoms with van der Waals surface area (Å²) >= 11 is 0. The highest BCUT2D eigenvalue weighted by atomic mass is 31.2. The van der Waals surface area contributed by atoms with Crippen LogP contribution in [0.3, 0.4) is 0 Å². The van der Waals surface area contributed by atoms with Gasteiger partial charge in [0.15, 0.2) is 6.10 Å². The van der Waals surface area contributed by atoms with Crippen LogP contribution in [-0.2, 0) is 42.2 Å². The van der Waals surface area contributed by atoms with E-state index in [1.165, 1.54) is 12.8 Å². The molecule has 0 aliphatic heterocycles. The fraction of sp³-hybridized carbons (Fsp3) is 0.661. The Bertz CT molecular complexity index is 1510. The zero-order chi connectivity index (χ0) is 49.9. The molecule has 11 nitrogen and oxygen atoms in total. The molecule has 0 aromatic carbocycles. The molecule has 68 heavy (non-hydrogen) atoms. The van der Waals surface area contributed by atoms with Gasteiger partial charge in [0.1, 0.15) is 12.7 Å². The van der Waals surface area contributed by atoms with Gasteiger partial charge in [-0.25, -0.2) is 4.57 Å². The highest BCUT2D eigenvalue weighted by Gasteiger charge is 2.28. The van der Waals surface area contributed by atoms with Crippen molar-refractivity contribution in [1.29, 1.82) is 0 Å². The lowest BCUT2D eigenvalue weighted by atomic mass is 10.1. The van der Waals surface area contributed by atoms with E-state index < -0.39 is 57.8 Å². The molecule has 388 valence electrons. The lowest BCUT2D eigenvalue weighted by Crippen LogP contribution is -2.30. The Morgan fingerprint density at radius 1 is 0.426 bits per heavy atom. The molecular formula is C56H93O11P. The molecule has 0 saturated carbocycles. The molecule has 0 aliphatic carbocycles. The van der Waals surface area contributed by atoms with Crippen molar-refractivity contribution in [3.8, 4) is 0 Å². The van der Waals surface area contributed by atoms with Gasteiger partial charge in [-0.3, -0.25) is 23.4 Å². The molecule has 0 amide bonds. The second-order valence-electron chi connectivity index (χ2n) is 16.9. The van der Waals surface area contributed by atoms with Crippen LogP contribution in [0.25, 0.3) is 0 Å². The topological polar surface area (TPSA) is 155 Å². The van der Waals surface area contributed by atoms with Crippen molar-refractivity contribution < 1.29 is 52.2 Å². The SMILES string of the molecule is CC/C=C\C/C=C\C/C=C\C/C=C\CCCCCCC(=O)OC(COC(=O)CCCCCCC/C=C\CCCC)COP(=O)(O)OCC(CO)OC(=O)CCCCC/C=C\C/C=C\C/C=C\CC. The van der Waals surface area contributed by atoms with Gasteiger partial charge < -0.3 is 24.2 Å². The van der Waals surface area contributed by atoms with E-state index in [0.717, 1.165) is 128 Å². The predicted molar refractivity (Wildman–Crippen MR) is 279 cm³/mol. The second kappa shape index (κ2) is 49.8. The molecule has 0 heterocycles. The van der Waals surface area contributed by atoms with E-state index in [1.54, 1.807) is 0 Å².